The average molecular weight is 417 g/mol. The van der Waals surface area contributed by atoms with Crippen molar-refractivity contribution in [3.05, 3.63) is 108 Å². The van der Waals surface area contributed by atoms with Crippen molar-refractivity contribution in [3.63, 3.8) is 0 Å². The fourth-order valence-corrected chi connectivity index (χ4v) is 4.27. The van der Waals surface area contributed by atoms with E-state index in [1.54, 1.807) is 0 Å². The van der Waals surface area contributed by atoms with E-state index >= 15 is 0 Å². The minimum absolute atomic E-state index is 0.361. The van der Waals surface area contributed by atoms with Crippen molar-refractivity contribution in [2.24, 2.45) is 28.3 Å². The number of hydrogen-bond acceptors (Lipinski definition) is 4. The van der Waals surface area contributed by atoms with Crippen LogP contribution < -0.4 is 22.9 Å². The van der Waals surface area contributed by atoms with Gasteiger partial charge in [0.25, 0.3) is 0 Å². The van der Waals surface area contributed by atoms with E-state index in [-0.39, 0.29) is 18.1 Å². The Labute approximate surface area is 184 Å². The van der Waals surface area contributed by atoms with Crippen molar-refractivity contribution in [1.29, 1.82) is 0 Å². The molecule has 0 spiro atoms. The first kappa shape index (κ1) is 22.7. The van der Waals surface area contributed by atoms with E-state index in [1.165, 1.54) is 0 Å². The van der Waals surface area contributed by atoms with Crippen LogP contribution in [-0.4, -0.2) is 5.91 Å². The molecule has 0 saturated heterocycles. The Kier molecular flexibility index (Phi) is 7.58. The van der Waals surface area contributed by atoms with Gasteiger partial charge in [-0.25, -0.2) is 0 Å². The molecule has 5 nitrogen and oxygen atoms in total. The van der Waals surface area contributed by atoms with Crippen molar-refractivity contribution < 1.29 is 4.79 Å². The maximum Gasteiger partial charge on any atom is 0.223 e. The van der Waals surface area contributed by atoms with Crippen LogP contribution in [0, 0.1) is 5.41 Å². The molecule has 0 aliphatic rings. The lowest BCUT2D eigenvalue weighted by atomic mass is 9.69. The summed E-state index contributed by atoms with van der Waals surface area (Å²) in [5, 5.41) is 0. The fraction of sp³-hybridized carbons (Fsp3) is 0.269. The van der Waals surface area contributed by atoms with Gasteiger partial charge in [0.1, 0.15) is 0 Å². The van der Waals surface area contributed by atoms with E-state index in [0.717, 1.165) is 16.7 Å². The van der Waals surface area contributed by atoms with Crippen LogP contribution >= 0.6 is 0 Å². The molecule has 3 aromatic carbocycles. The lowest BCUT2D eigenvalue weighted by Crippen LogP contribution is -2.44. The lowest BCUT2D eigenvalue weighted by Gasteiger charge is -2.37. The zero-order valence-corrected chi connectivity index (χ0v) is 17.7. The van der Waals surface area contributed by atoms with Gasteiger partial charge in [-0.1, -0.05) is 91.0 Å². The van der Waals surface area contributed by atoms with Gasteiger partial charge in [0.05, 0.1) is 5.41 Å². The number of nitrogens with two attached hydrogens (primary N) is 4. The van der Waals surface area contributed by atoms with Crippen molar-refractivity contribution in [1.82, 2.24) is 0 Å². The Morgan fingerprint density at radius 3 is 1.06 bits per heavy atom. The molecule has 8 N–H and O–H groups in total. The molecule has 1 amide bonds. The first-order chi connectivity index (χ1) is 14.9. The van der Waals surface area contributed by atoms with Crippen molar-refractivity contribution in [2.45, 2.75) is 37.4 Å². The number of carbonyl (C=O) groups excluding carboxylic acids is 1. The Morgan fingerprint density at radius 2 is 0.839 bits per heavy atom. The van der Waals surface area contributed by atoms with Gasteiger partial charge in [0.2, 0.25) is 5.91 Å². The zero-order chi connectivity index (χ0) is 22.3. The van der Waals surface area contributed by atoms with Crippen LogP contribution in [0.4, 0.5) is 0 Å². The molecule has 3 rings (SSSR count). The second kappa shape index (κ2) is 10.4. The van der Waals surface area contributed by atoms with E-state index in [4.69, 9.17) is 22.9 Å². The molecule has 3 atom stereocenters. The Bertz CT molecular complexity index is 831. The number of benzene rings is 3. The average Bonchev–Trinajstić information content (AvgIpc) is 2.80. The molecule has 0 saturated carbocycles. The van der Waals surface area contributed by atoms with E-state index in [2.05, 4.69) is 0 Å². The molecule has 3 aromatic rings. The SMILES string of the molecule is NC(=O)C(CC(N)c1ccccc1)(CC(N)c1ccccc1)CC(N)c1ccccc1. The number of hydrogen-bond donors (Lipinski definition) is 4. The lowest BCUT2D eigenvalue weighted by molar-refractivity contribution is -0.130. The standard InChI is InChI=1S/C26H32N4O/c27-22(19-10-4-1-5-11-19)16-26(25(30)31,17-23(28)20-12-6-2-7-13-20)18-24(29)21-14-8-3-9-15-21/h1-15,22-24H,16-18,27-29H2,(H2,30,31). The van der Waals surface area contributed by atoms with Gasteiger partial charge in [0, 0.05) is 18.1 Å². The Morgan fingerprint density at radius 1 is 0.581 bits per heavy atom. The molecule has 5 heteroatoms. The van der Waals surface area contributed by atoms with Crippen LogP contribution in [0.2, 0.25) is 0 Å². The molecule has 3 unspecified atom stereocenters. The Hall–Kier alpha value is -2.99. The first-order valence-corrected chi connectivity index (χ1v) is 10.6. The summed E-state index contributed by atoms with van der Waals surface area (Å²) in [5.41, 5.74) is 27.6. The van der Waals surface area contributed by atoms with Gasteiger partial charge in [-0.3, -0.25) is 4.79 Å². The summed E-state index contributed by atoms with van der Waals surface area (Å²) in [6, 6.07) is 28.1. The van der Waals surface area contributed by atoms with Crippen LogP contribution in [0.25, 0.3) is 0 Å². The molecular formula is C26H32N4O. The van der Waals surface area contributed by atoms with E-state index in [9.17, 15) is 4.79 Å². The van der Waals surface area contributed by atoms with Crippen LogP contribution in [0.5, 0.6) is 0 Å². The van der Waals surface area contributed by atoms with Crippen LogP contribution in [-0.2, 0) is 4.79 Å². The second-order valence-corrected chi connectivity index (χ2v) is 8.31. The quantitative estimate of drug-likeness (QED) is 0.402. The van der Waals surface area contributed by atoms with Gasteiger partial charge in [0.15, 0.2) is 0 Å². The van der Waals surface area contributed by atoms with Crippen molar-refractivity contribution in [2.75, 3.05) is 0 Å². The van der Waals surface area contributed by atoms with Crippen LogP contribution in [0.1, 0.15) is 54.1 Å². The summed E-state index contributed by atoms with van der Waals surface area (Å²) >= 11 is 0. The summed E-state index contributed by atoms with van der Waals surface area (Å²) < 4.78 is 0. The highest BCUT2D eigenvalue weighted by Gasteiger charge is 2.41. The molecular weight excluding hydrogens is 384 g/mol. The predicted octanol–water partition coefficient (Wildman–Crippen LogP) is 3.73. The fourth-order valence-electron chi connectivity index (χ4n) is 4.27. The number of primary amides is 1. The smallest absolute Gasteiger partial charge is 0.223 e. The normalized spacial score (nSPS) is 16.1. The van der Waals surface area contributed by atoms with E-state index in [0.29, 0.717) is 19.3 Å². The zero-order valence-electron chi connectivity index (χ0n) is 17.7. The van der Waals surface area contributed by atoms with E-state index < -0.39 is 11.3 Å². The summed E-state index contributed by atoms with van der Waals surface area (Å²) in [5.74, 6) is -0.420. The van der Waals surface area contributed by atoms with Gasteiger partial charge in [-0.15, -0.1) is 0 Å². The third-order valence-corrected chi connectivity index (χ3v) is 6.04. The Balaban J connectivity index is 1.93. The summed E-state index contributed by atoms with van der Waals surface area (Å²) in [4.78, 5) is 13.0. The molecule has 0 heterocycles. The minimum Gasteiger partial charge on any atom is -0.369 e. The van der Waals surface area contributed by atoms with Crippen molar-refractivity contribution >= 4 is 5.91 Å². The highest BCUT2D eigenvalue weighted by molar-refractivity contribution is 5.81. The highest BCUT2D eigenvalue weighted by atomic mass is 16.1. The molecule has 0 aliphatic carbocycles. The molecule has 0 radical (unpaired) electrons. The number of rotatable bonds is 10. The molecule has 162 valence electrons. The topological polar surface area (TPSA) is 121 Å². The van der Waals surface area contributed by atoms with Gasteiger partial charge in [-0.2, -0.15) is 0 Å². The largest absolute Gasteiger partial charge is 0.369 e. The first-order valence-electron chi connectivity index (χ1n) is 10.6. The highest BCUT2D eigenvalue weighted by Crippen LogP contribution is 2.43. The maximum atomic E-state index is 13.0. The molecule has 0 aliphatic heterocycles. The van der Waals surface area contributed by atoms with Gasteiger partial charge < -0.3 is 22.9 Å². The number of carbonyl (C=O) groups is 1. The van der Waals surface area contributed by atoms with Gasteiger partial charge in [-0.05, 0) is 36.0 Å². The van der Waals surface area contributed by atoms with Gasteiger partial charge >= 0.3 is 0 Å². The molecule has 0 fully saturated rings. The van der Waals surface area contributed by atoms with Crippen LogP contribution in [0.3, 0.4) is 0 Å². The predicted molar refractivity (Wildman–Crippen MR) is 126 cm³/mol. The minimum atomic E-state index is -0.959. The van der Waals surface area contributed by atoms with Crippen LogP contribution in [0.15, 0.2) is 91.0 Å². The molecule has 0 aromatic heterocycles. The maximum absolute atomic E-state index is 13.0. The summed E-state index contributed by atoms with van der Waals surface area (Å²) in [6.07, 6.45) is 1.11. The molecule has 31 heavy (non-hydrogen) atoms. The summed E-state index contributed by atoms with van der Waals surface area (Å²) in [6.45, 7) is 0. The third-order valence-electron chi connectivity index (χ3n) is 6.04. The summed E-state index contributed by atoms with van der Waals surface area (Å²) in [7, 11) is 0. The van der Waals surface area contributed by atoms with Crippen molar-refractivity contribution in [3.8, 4) is 0 Å². The second-order valence-electron chi connectivity index (χ2n) is 8.31. The molecule has 0 bridgehead atoms. The number of amides is 1. The monoisotopic (exact) mass is 416 g/mol. The van der Waals surface area contributed by atoms with E-state index in [1.807, 2.05) is 91.0 Å². The third kappa shape index (κ3) is 5.79.